The smallest absolute Gasteiger partial charge is 0.0868 e. The summed E-state index contributed by atoms with van der Waals surface area (Å²) in [5.74, 6) is 5.64. The average Bonchev–Trinajstić information content (AvgIpc) is 2.34. The number of ether oxygens (including phenoxy) is 1. The minimum atomic E-state index is 0.255. The van der Waals surface area contributed by atoms with E-state index in [4.69, 9.17) is 10.6 Å². The first kappa shape index (κ1) is 14.9. The van der Waals surface area contributed by atoms with Gasteiger partial charge in [-0.2, -0.15) is 0 Å². The topological polar surface area (TPSA) is 50.5 Å². The number of nitrogens with two attached hydrogens (primary N) is 1. The zero-order valence-electron chi connectivity index (χ0n) is 11.5. The minimum Gasteiger partial charge on any atom is -0.374 e. The quantitative estimate of drug-likeness (QED) is 0.385. The molecule has 1 aliphatic heterocycles. The van der Waals surface area contributed by atoms with Crippen LogP contribution in [0.1, 0.15) is 45.4 Å². The summed E-state index contributed by atoms with van der Waals surface area (Å²) < 4.78 is 5.80. The van der Waals surface area contributed by atoms with Gasteiger partial charge in [0.15, 0.2) is 0 Å². The van der Waals surface area contributed by atoms with E-state index in [1.165, 1.54) is 32.1 Å². The zero-order valence-corrected chi connectivity index (χ0v) is 11.5. The van der Waals surface area contributed by atoms with Crippen molar-refractivity contribution in [2.75, 3.05) is 26.7 Å². The van der Waals surface area contributed by atoms with Gasteiger partial charge in [-0.15, -0.1) is 0 Å². The molecule has 0 saturated carbocycles. The molecule has 17 heavy (non-hydrogen) atoms. The average molecular weight is 243 g/mol. The third kappa shape index (κ3) is 5.82. The van der Waals surface area contributed by atoms with Crippen molar-refractivity contribution >= 4 is 0 Å². The van der Waals surface area contributed by atoms with Crippen LogP contribution in [0.15, 0.2) is 0 Å². The van der Waals surface area contributed by atoms with Crippen molar-refractivity contribution in [3.8, 4) is 0 Å². The highest BCUT2D eigenvalue weighted by Gasteiger charge is 2.25. The number of morpholine rings is 1. The summed E-state index contributed by atoms with van der Waals surface area (Å²) in [6, 6.07) is 0.305. The third-order valence-corrected chi connectivity index (χ3v) is 3.58. The van der Waals surface area contributed by atoms with Gasteiger partial charge in [0.25, 0.3) is 0 Å². The number of hydrazine groups is 1. The molecule has 0 spiro atoms. The van der Waals surface area contributed by atoms with Gasteiger partial charge in [-0.3, -0.25) is 11.3 Å². The Hall–Kier alpha value is -0.160. The number of hydrogen-bond acceptors (Lipinski definition) is 4. The highest BCUT2D eigenvalue weighted by molar-refractivity contribution is 4.80. The van der Waals surface area contributed by atoms with Gasteiger partial charge >= 0.3 is 0 Å². The maximum Gasteiger partial charge on any atom is 0.0868 e. The number of nitrogens with zero attached hydrogens (tertiary/aromatic N) is 1. The Bertz CT molecular complexity index is 190. The molecule has 0 aromatic rings. The van der Waals surface area contributed by atoms with Gasteiger partial charge in [-0.25, -0.2) is 0 Å². The summed E-state index contributed by atoms with van der Waals surface area (Å²) >= 11 is 0. The van der Waals surface area contributed by atoms with E-state index in [9.17, 15) is 0 Å². The van der Waals surface area contributed by atoms with Crippen molar-refractivity contribution < 1.29 is 4.74 Å². The number of unbranched alkanes of at least 4 members (excludes halogenated alkanes) is 4. The fraction of sp³-hybridized carbons (Fsp3) is 1.00. The summed E-state index contributed by atoms with van der Waals surface area (Å²) in [5.41, 5.74) is 2.93. The van der Waals surface area contributed by atoms with E-state index < -0.39 is 0 Å². The summed E-state index contributed by atoms with van der Waals surface area (Å²) in [5, 5.41) is 0. The van der Waals surface area contributed by atoms with E-state index >= 15 is 0 Å². The maximum absolute atomic E-state index is 5.80. The van der Waals surface area contributed by atoms with Crippen molar-refractivity contribution in [1.82, 2.24) is 10.3 Å². The number of nitrogens with one attached hydrogen (secondary N) is 1. The predicted octanol–water partition coefficient (Wildman–Crippen LogP) is 1.51. The van der Waals surface area contributed by atoms with Crippen LogP contribution < -0.4 is 11.3 Å². The number of likely N-dealkylation sites (N-methyl/N-ethyl adjacent to an activating group) is 1. The Kier molecular flexibility index (Phi) is 7.77. The van der Waals surface area contributed by atoms with Gasteiger partial charge < -0.3 is 9.64 Å². The van der Waals surface area contributed by atoms with Crippen LogP contribution in [0.25, 0.3) is 0 Å². The first-order chi connectivity index (χ1) is 8.27. The fourth-order valence-corrected chi connectivity index (χ4v) is 2.40. The van der Waals surface area contributed by atoms with Crippen LogP contribution in [0.2, 0.25) is 0 Å². The minimum absolute atomic E-state index is 0.255. The Morgan fingerprint density at radius 1 is 1.35 bits per heavy atom. The molecule has 0 amide bonds. The standard InChI is InChI=1S/C13H29N3O/c1-3-4-5-6-7-8-12(15-14)13-11-16(2)9-10-17-13/h12-13,15H,3-11,14H2,1-2H3. The predicted molar refractivity (Wildman–Crippen MR) is 71.7 cm³/mol. The van der Waals surface area contributed by atoms with Gasteiger partial charge in [-0.1, -0.05) is 39.0 Å². The molecule has 1 aliphatic rings. The highest BCUT2D eigenvalue weighted by Crippen LogP contribution is 2.14. The first-order valence-corrected chi connectivity index (χ1v) is 7.04. The van der Waals surface area contributed by atoms with Crippen LogP contribution in [-0.4, -0.2) is 43.8 Å². The molecule has 0 aliphatic carbocycles. The molecule has 2 unspecified atom stereocenters. The van der Waals surface area contributed by atoms with Crippen molar-refractivity contribution in [3.63, 3.8) is 0 Å². The molecular weight excluding hydrogens is 214 g/mol. The van der Waals surface area contributed by atoms with Crippen LogP contribution in [0.3, 0.4) is 0 Å². The van der Waals surface area contributed by atoms with Crippen LogP contribution >= 0.6 is 0 Å². The maximum atomic E-state index is 5.80. The van der Waals surface area contributed by atoms with Crippen LogP contribution in [-0.2, 0) is 4.74 Å². The van der Waals surface area contributed by atoms with E-state index in [-0.39, 0.29) is 6.10 Å². The van der Waals surface area contributed by atoms with Gasteiger partial charge in [0.2, 0.25) is 0 Å². The second-order valence-corrected chi connectivity index (χ2v) is 5.15. The summed E-state index contributed by atoms with van der Waals surface area (Å²) in [4.78, 5) is 2.32. The molecule has 0 radical (unpaired) electrons. The molecule has 1 heterocycles. The van der Waals surface area contributed by atoms with E-state index in [0.29, 0.717) is 6.04 Å². The van der Waals surface area contributed by atoms with Gasteiger partial charge in [0.1, 0.15) is 0 Å². The van der Waals surface area contributed by atoms with Crippen LogP contribution in [0.5, 0.6) is 0 Å². The van der Waals surface area contributed by atoms with E-state index in [1.54, 1.807) is 0 Å². The summed E-state index contributed by atoms with van der Waals surface area (Å²) in [6.07, 6.45) is 7.94. The van der Waals surface area contributed by atoms with E-state index in [0.717, 1.165) is 26.1 Å². The first-order valence-electron chi connectivity index (χ1n) is 7.04. The molecule has 102 valence electrons. The van der Waals surface area contributed by atoms with Crippen molar-refractivity contribution in [1.29, 1.82) is 0 Å². The molecule has 0 bridgehead atoms. The van der Waals surface area contributed by atoms with Crippen molar-refractivity contribution in [2.45, 2.75) is 57.6 Å². The lowest BCUT2D eigenvalue weighted by Crippen LogP contribution is -2.53. The molecule has 0 aromatic carbocycles. The summed E-state index contributed by atoms with van der Waals surface area (Å²) in [7, 11) is 2.14. The SMILES string of the molecule is CCCCCCCC(NN)C1CN(C)CCO1. The Morgan fingerprint density at radius 3 is 2.76 bits per heavy atom. The van der Waals surface area contributed by atoms with Crippen molar-refractivity contribution in [2.24, 2.45) is 5.84 Å². The lowest BCUT2D eigenvalue weighted by molar-refractivity contribution is -0.0402. The second-order valence-electron chi connectivity index (χ2n) is 5.15. The Morgan fingerprint density at radius 2 is 2.12 bits per heavy atom. The van der Waals surface area contributed by atoms with E-state index in [1.807, 2.05) is 0 Å². The zero-order chi connectivity index (χ0) is 12.5. The van der Waals surface area contributed by atoms with Gasteiger partial charge in [0.05, 0.1) is 12.7 Å². The Balaban J connectivity index is 2.18. The normalized spacial score (nSPS) is 23.8. The molecule has 1 fully saturated rings. The Labute approximate surface area is 106 Å². The van der Waals surface area contributed by atoms with Crippen molar-refractivity contribution in [3.05, 3.63) is 0 Å². The molecule has 1 saturated heterocycles. The van der Waals surface area contributed by atoms with Gasteiger partial charge in [-0.05, 0) is 13.5 Å². The lowest BCUT2D eigenvalue weighted by atomic mass is 10.0. The number of rotatable bonds is 8. The van der Waals surface area contributed by atoms with E-state index in [2.05, 4.69) is 24.3 Å². The largest absolute Gasteiger partial charge is 0.374 e. The molecule has 0 aromatic heterocycles. The van der Waals surface area contributed by atoms with Crippen LogP contribution in [0.4, 0.5) is 0 Å². The molecule has 3 N–H and O–H groups in total. The molecular formula is C13H29N3O. The monoisotopic (exact) mass is 243 g/mol. The molecule has 4 heteroatoms. The number of hydrogen-bond donors (Lipinski definition) is 2. The second kappa shape index (κ2) is 8.86. The molecule has 1 rings (SSSR count). The highest BCUT2D eigenvalue weighted by atomic mass is 16.5. The lowest BCUT2D eigenvalue weighted by Gasteiger charge is -2.34. The fourth-order valence-electron chi connectivity index (χ4n) is 2.40. The third-order valence-electron chi connectivity index (χ3n) is 3.58. The van der Waals surface area contributed by atoms with Gasteiger partial charge in [0, 0.05) is 19.1 Å². The van der Waals surface area contributed by atoms with Crippen LogP contribution in [0, 0.1) is 0 Å². The summed E-state index contributed by atoms with van der Waals surface area (Å²) in [6.45, 7) is 5.10. The molecule has 2 atom stereocenters. The molecule has 4 nitrogen and oxygen atoms in total.